The molecule has 11 aromatic carbocycles. The largest absolute Gasteiger partial charge is 0.457 e. The van der Waals surface area contributed by atoms with Gasteiger partial charge in [-0.1, -0.05) is 192 Å². The number of ether oxygens (including phenoxy) is 4. The molecule has 2 amide bonds. The highest BCUT2D eigenvalue weighted by Gasteiger charge is 2.42. The van der Waals surface area contributed by atoms with E-state index < -0.39 is 11.8 Å². The molecule has 14 rings (SSSR count). The van der Waals surface area contributed by atoms with Gasteiger partial charge in [-0.2, -0.15) is 0 Å². The van der Waals surface area contributed by atoms with Crippen molar-refractivity contribution < 1.29 is 28.5 Å². The number of carbonyl (C=O) groups excluding carboxylic acids is 2. The van der Waals surface area contributed by atoms with Crippen molar-refractivity contribution in [1.82, 2.24) is 9.38 Å². The monoisotopic (exact) mass is 1380 g/mol. The number of benzene rings is 11. The molecule has 0 aliphatic carbocycles. The quantitative estimate of drug-likeness (QED) is 0.0303. The second kappa shape index (κ2) is 25.8. The third-order valence-electron chi connectivity index (χ3n) is 20.8. The highest BCUT2D eigenvalue weighted by Crippen LogP contribution is 2.59. The molecule has 10 heteroatoms. The fourth-order valence-electron chi connectivity index (χ4n) is 16.5. The van der Waals surface area contributed by atoms with Crippen LogP contribution >= 0.6 is 0 Å². The van der Waals surface area contributed by atoms with Crippen molar-refractivity contribution in [3.63, 3.8) is 0 Å². The number of aromatic nitrogens is 2. The van der Waals surface area contributed by atoms with Gasteiger partial charge >= 0.3 is 0 Å². The summed E-state index contributed by atoms with van der Waals surface area (Å²) in [5.74, 6) is 2.08. The van der Waals surface area contributed by atoms with Crippen molar-refractivity contribution in [2.75, 3.05) is 4.90 Å². The average molecular weight is 1380 g/mol. The molecule has 526 valence electrons. The summed E-state index contributed by atoms with van der Waals surface area (Å²) in [5.41, 5.74) is 11.9. The highest BCUT2D eigenvalue weighted by atomic mass is 16.5. The van der Waals surface area contributed by atoms with E-state index in [-0.39, 0.29) is 61.7 Å². The van der Waals surface area contributed by atoms with Gasteiger partial charge in [-0.15, -0.1) is 19.7 Å². The van der Waals surface area contributed by atoms with Crippen LogP contribution in [0.3, 0.4) is 0 Å². The molecule has 0 saturated heterocycles. The summed E-state index contributed by atoms with van der Waals surface area (Å²) in [6.45, 7) is 49.3. The van der Waals surface area contributed by atoms with Crippen molar-refractivity contribution in [2.24, 2.45) is 5.41 Å². The Morgan fingerprint density at radius 2 is 0.817 bits per heavy atom. The minimum absolute atomic E-state index is 0.0770. The van der Waals surface area contributed by atoms with E-state index in [1.807, 2.05) is 115 Å². The summed E-state index contributed by atoms with van der Waals surface area (Å²) < 4.78 is 31.9. The fourth-order valence-corrected chi connectivity index (χ4v) is 16.5. The van der Waals surface area contributed by atoms with Gasteiger partial charge in [0.05, 0.1) is 33.2 Å². The molecular formula is C94H93N3O7. The van der Waals surface area contributed by atoms with E-state index in [1.54, 1.807) is 4.40 Å². The van der Waals surface area contributed by atoms with Crippen LogP contribution in [0.5, 0.6) is 46.0 Å². The molecule has 0 unspecified atom stereocenters. The first kappa shape index (κ1) is 70.2. The Balaban J connectivity index is 1.19. The molecule has 13 aromatic rings. The molecule has 2 aromatic heterocycles. The first-order valence-corrected chi connectivity index (χ1v) is 36.3. The van der Waals surface area contributed by atoms with E-state index in [0.717, 1.165) is 74.9 Å². The van der Waals surface area contributed by atoms with Crippen LogP contribution in [0.4, 0.5) is 5.69 Å². The van der Waals surface area contributed by atoms with E-state index >= 15 is 14.4 Å². The SMILES string of the molecule is C=C(C)CC(C)(C)c1ccc(Oc2cc3c4c(cc(Oc5ccc(C(C)(C)CC(=C)C)cc5)c5c6c(Oc7ccc(C(C)(C)CC(=C)C)cc7)cc7c8c(cc(Oc9ccc(/C(C)=C/C(C)(C)C)cc9)c(c2c45)c68)c(=O)n2c4ccccc4nc72)C(=O)N(c2c(C(C)C)cccc2C(C)C)C3=O)cc1. The van der Waals surface area contributed by atoms with Gasteiger partial charge in [0.15, 0.2) is 0 Å². The van der Waals surface area contributed by atoms with E-state index in [0.29, 0.717) is 111 Å². The van der Waals surface area contributed by atoms with Crippen LogP contribution in [-0.4, -0.2) is 21.2 Å². The van der Waals surface area contributed by atoms with Crippen LogP contribution in [0.15, 0.2) is 211 Å². The van der Waals surface area contributed by atoms with Gasteiger partial charge in [-0.05, 0) is 204 Å². The zero-order chi connectivity index (χ0) is 74.1. The third-order valence-corrected chi connectivity index (χ3v) is 20.8. The summed E-state index contributed by atoms with van der Waals surface area (Å²) >= 11 is 0. The van der Waals surface area contributed by atoms with Gasteiger partial charge in [0, 0.05) is 48.5 Å². The molecule has 10 nitrogen and oxygen atoms in total. The third kappa shape index (κ3) is 12.4. The van der Waals surface area contributed by atoms with Crippen LogP contribution < -0.4 is 29.4 Å². The van der Waals surface area contributed by atoms with E-state index in [1.165, 1.54) is 4.90 Å². The van der Waals surface area contributed by atoms with Crippen molar-refractivity contribution >= 4 is 93.6 Å². The normalized spacial score (nSPS) is 13.4. The first-order valence-electron chi connectivity index (χ1n) is 36.3. The number of allylic oxidation sites excluding steroid dienone is 5. The molecule has 1 aliphatic rings. The maximum Gasteiger partial charge on any atom is 0.266 e. The van der Waals surface area contributed by atoms with Crippen LogP contribution in [0, 0.1) is 5.41 Å². The molecule has 0 N–H and O–H groups in total. The second-order valence-corrected chi connectivity index (χ2v) is 33.0. The lowest BCUT2D eigenvalue weighted by Gasteiger charge is -2.34. The van der Waals surface area contributed by atoms with E-state index in [2.05, 4.69) is 192 Å². The highest BCUT2D eigenvalue weighted by molar-refractivity contribution is 6.47. The summed E-state index contributed by atoms with van der Waals surface area (Å²) in [6.07, 6.45) is 4.57. The Hall–Kier alpha value is -10.8. The summed E-state index contributed by atoms with van der Waals surface area (Å²) in [4.78, 5) is 56.4. The number of hydrogen-bond acceptors (Lipinski definition) is 8. The van der Waals surface area contributed by atoms with Gasteiger partial charge in [-0.25, -0.2) is 9.88 Å². The number of fused-ring (bicyclic) bond motifs is 6. The number of carbonyl (C=O) groups is 2. The molecule has 104 heavy (non-hydrogen) atoms. The average Bonchev–Trinajstić information content (AvgIpc) is 0.862. The molecule has 0 atom stereocenters. The molecule has 0 spiro atoms. The minimum Gasteiger partial charge on any atom is -0.457 e. The first-order chi connectivity index (χ1) is 49.2. The van der Waals surface area contributed by atoms with Crippen molar-refractivity contribution in [3.05, 3.63) is 261 Å². The number of imide groups is 1. The lowest BCUT2D eigenvalue weighted by Crippen LogP contribution is -2.42. The van der Waals surface area contributed by atoms with Crippen LogP contribution in [-0.2, 0) is 16.2 Å². The van der Waals surface area contributed by atoms with Gasteiger partial charge < -0.3 is 18.9 Å². The number of anilines is 1. The molecule has 0 radical (unpaired) electrons. The lowest BCUT2D eigenvalue weighted by atomic mass is 9.79. The molecule has 0 saturated carbocycles. The Bertz CT molecular complexity index is 5750. The summed E-state index contributed by atoms with van der Waals surface area (Å²) in [5, 5.41) is 5.10. The van der Waals surface area contributed by atoms with Gasteiger partial charge in [-0.3, -0.25) is 18.8 Å². The Labute approximate surface area is 610 Å². The number of para-hydroxylation sites is 3. The molecular weight excluding hydrogens is 1280 g/mol. The van der Waals surface area contributed by atoms with Crippen molar-refractivity contribution in [1.29, 1.82) is 0 Å². The number of hydrogen-bond donors (Lipinski definition) is 0. The lowest BCUT2D eigenvalue weighted by molar-refractivity contribution is 0.0892. The van der Waals surface area contributed by atoms with Crippen LogP contribution in [0.1, 0.15) is 203 Å². The van der Waals surface area contributed by atoms with Crippen LogP contribution in [0.2, 0.25) is 0 Å². The minimum atomic E-state index is -0.516. The van der Waals surface area contributed by atoms with Gasteiger partial charge in [0.2, 0.25) is 0 Å². The zero-order valence-corrected chi connectivity index (χ0v) is 63.3. The fraction of sp³-hybridized carbons (Fsp3) is 0.277. The maximum absolute atomic E-state index is 16.7. The van der Waals surface area contributed by atoms with Crippen molar-refractivity contribution in [3.8, 4) is 46.0 Å². The van der Waals surface area contributed by atoms with Gasteiger partial charge in [0.1, 0.15) is 51.6 Å². The number of rotatable bonds is 21. The number of nitrogens with zero attached hydrogens (tertiary/aromatic N) is 3. The Morgan fingerprint density at radius 3 is 1.21 bits per heavy atom. The predicted octanol–water partition coefficient (Wildman–Crippen LogP) is 25.9. The summed E-state index contributed by atoms with van der Waals surface area (Å²) in [7, 11) is 0. The smallest absolute Gasteiger partial charge is 0.266 e. The number of imidazole rings is 1. The van der Waals surface area contributed by atoms with Gasteiger partial charge in [0.25, 0.3) is 17.4 Å². The second-order valence-electron chi connectivity index (χ2n) is 33.0. The Kier molecular flexibility index (Phi) is 17.4. The molecule has 1 aliphatic heterocycles. The maximum atomic E-state index is 16.7. The van der Waals surface area contributed by atoms with Crippen molar-refractivity contribution in [2.45, 2.75) is 165 Å². The zero-order valence-electron chi connectivity index (χ0n) is 63.3. The summed E-state index contributed by atoms with van der Waals surface area (Å²) in [6, 6.07) is 53.6. The van der Waals surface area contributed by atoms with E-state index in [9.17, 15) is 0 Å². The topological polar surface area (TPSA) is 109 Å². The molecule has 0 bridgehead atoms. The molecule has 3 heterocycles. The standard InChI is InChI=1S/C94H93N3O7/c1-52(2)48-92(15,16)59-30-38-63(39-31-59)102-74-44-68-78-69(88(98)96-73-27-22-21-26-72(73)95-87(68)96)45-75(101-62-36-28-58(29-37-62)57(11)51-91(12,13)14)81-83-77(104-65-42-34-61(35-43-65)94(19,20)50-54(5)6)47-71-79-70(89(99)97(90(71)100)86-66(55(7)8)24-23-25-67(86)56(9)10)46-76(82(85(79)83)80(74)84(78)81)103-64-40-32-60(33-41-64)93(17,18)49-53(3)4/h21-47,51,55-56H,1,3,5,48-50H2,2,4,6-20H3/b57-51+. The number of amides is 2. The van der Waals surface area contributed by atoms with E-state index in [4.69, 9.17) is 23.9 Å². The molecule has 0 fully saturated rings. The Morgan fingerprint density at radius 1 is 0.442 bits per heavy atom. The predicted molar refractivity (Wildman–Crippen MR) is 431 cm³/mol. The van der Waals surface area contributed by atoms with Crippen LogP contribution in [0.25, 0.3) is 76.1 Å². The number of pyridine rings is 1.